The summed E-state index contributed by atoms with van der Waals surface area (Å²) in [6, 6.07) is 16.6. The zero-order valence-corrected chi connectivity index (χ0v) is 15.3. The van der Waals surface area contributed by atoms with Crippen molar-refractivity contribution in [3.63, 3.8) is 0 Å². The summed E-state index contributed by atoms with van der Waals surface area (Å²) in [5, 5.41) is 2.95. The fourth-order valence-electron chi connectivity index (χ4n) is 2.68. The van der Waals surface area contributed by atoms with Crippen molar-refractivity contribution in [1.82, 2.24) is 9.97 Å². The number of nitrogens with one attached hydrogen (secondary N) is 1. The molecule has 0 atom stereocenters. The highest BCUT2D eigenvalue weighted by Gasteiger charge is 2.36. The maximum atomic E-state index is 13.3. The van der Waals surface area contributed by atoms with E-state index < -0.39 is 17.6 Å². The number of alkyl halides is 3. The standard InChI is InChI=1S/C21H20F3N3O/c1-2-7-15-10-6-11-17(12-15)26-20-25-13-18(21(22,23)24)19(27-20)28-14-16-8-4-3-5-9-16/h3-6,8-13H,2,7,14H2,1H3,(H,25,26,27). The summed E-state index contributed by atoms with van der Waals surface area (Å²) in [7, 11) is 0. The molecule has 0 aliphatic rings. The maximum absolute atomic E-state index is 13.3. The molecule has 0 amide bonds. The number of anilines is 2. The van der Waals surface area contributed by atoms with E-state index in [1.54, 1.807) is 24.3 Å². The highest BCUT2D eigenvalue weighted by Crippen LogP contribution is 2.35. The monoisotopic (exact) mass is 387 g/mol. The van der Waals surface area contributed by atoms with E-state index in [0.717, 1.165) is 30.2 Å². The summed E-state index contributed by atoms with van der Waals surface area (Å²) in [4.78, 5) is 7.77. The molecule has 3 aromatic rings. The summed E-state index contributed by atoms with van der Waals surface area (Å²) >= 11 is 0. The van der Waals surface area contributed by atoms with Crippen molar-refractivity contribution in [1.29, 1.82) is 0 Å². The number of halogens is 3. The Morgan fingerprint density at radius 1 is 1.00 bits per heavy atom. The lowest BCUT2D eigenvalue weighted by Crippen LogP contribution is -2.12. The van der Waals surface area contributed by atoms with Crippen molar-refractivity contribution >= 4 is 11.6 Å². The lowest BCUT2D eigenvalue weighted by atomic mass is 10.1. The normalized spacial score (nSPS) is 11.3. The molecule has 1 heterocycles. The number of hydrogen-bond donors (Lipinski definition) is 1. The van der Waals surface area contributed by atoms with Gasteiger partial charge in [-0.25, -0.2) is 4.98 Å². The molecule has 1 N–H and O–H groups in total. The van der Waals surface area contributed by atoms with Crippen LogP contribution in [0.25, 0.3) is 0 Å². The Morgan fingerprint density at radius 2 is 1.75 bits per heavy atom. The van der Waals surface area contributed by atoms with Crippen LogP contribution in [0.4, 0.5) is 24.8 Å². The third-order valence-corrected chi connectivity index (χ3v) is 4.00. The topological polar surface area (TPSA) is 47.0 Å². The van der Waals surface area contributed by atoms with Crippen LogP contribution in [-0.2, 0) is 19.2 Å². The highest BCUT2D eigenvalue weighted by molar-refractivity contribution is 5.55. The van der Waals surface area contributed by atoms with Crippen LogP contribution >= 0.6 is 0 Å². The van der Waals surface area contributed by atoms with Gasteiger partial charge in [0.25, 0.3) is 0 Å². The zero-order valence-electron chi connectivity index (χ0n) is 15.3. The molecule has 28 heavy (non-hydrogen) atoms. The van der Waals surface area contributed by atoms with Gasteiger partial charge in [0.15, 0.2) is 0 Å². The minimum absolute atomic E-state index is 0.0215. The Bertz CT molecular complexity index is 914. The van der Waals surface area contributed by atoms with Crippen LogP contribution in [0.1, 0.15) is 30.0 Å². The van der Waals surface area contributed by atoms with Crippen molar-refractivity contribution < 1.29 is 17.9 Å². The number of aromatic nitrogens is 2. The summed E-state index contributed by atoms with van der Waals surface area (Å²) in [5.74, 6) is -0.455. The van der Waals surface area contributed by atoms with Gasteiger partial charge in [-0.1, -0.05) is 55.8 Å². The van der Waals surface area contributed by atoms with Crippen molar-refractivity contribution in [2.45, 2.75) is 32.5 Å². The van der Waals surface area contributed by atoms with Crippen LogP contribution in [0.2, 0.25) is 0 Å². The molecule has 0 spiro atoms. The fourth-order valence-corrected chi connectivity index (χ4v) is 2.68. The minimum Gasteiger partial charge on any atom is -0.472 e. The van der Waals surface area contributed by atoms with Gasteiger partial charge in [-0.05, 0) is 29.7 Å². The first-order valence-electron chi connectivity index (χ1n) is 8.92. The molecule has 0 bridgehead atoms. The van der Waals surface area contributed by atoms with Gasteiger partial charge in [0.2, 0.25) is 11.8 Å². The minimum atomic E-state index is -4.61. The molecule has 0 fully saturated rings. The molecule has 4 nitrogen and oxygen atoms in total. The van der Waals surface area contributed by atoms with Crippen molar-refractivity contribution in [2.24, 2.45) is 0 Å². The van der Waals surface area contributed by atoms with Crippen LogP contribution in [0.3, 0.4) is 0 Å². The van der Waals surface area contributed by atoms with Crippen molar-refractivity contribution in [2.75, 3.05) is 5.32 Å². The first-order chi connectivity index (χ1) is 13.5. The van der Waals surface area contributed by atoms with Crippen molar-refractivity contribution in [3.8, 4) is 5.88 Å². The first-order valence-corrected chi connectivity index (χ1v) is 8.92. The second kappa shape index (κ2) is 8.73. The van der Waals surface area contributed by atoms with E-state index in [-0.39, 0.29) is 12.6 Å². The van der Waals surface area contributed by atoms with E-state index in [1.165, 1.54) is 0 Å². The second-order valence-corrected chi connectivity index (χ2v) is 6.26. The molecule has 0 aliphatic heterocycles. The summed E-state index contributed by atoms with van der Waals surface area (Å²) < 4.78 is 45.2. The molecule has 1 aromatic heterocycles. The molecule has 146 valence electrons. The third-order valence-electron chi connectivity index (χ3n) is 4.00. The van der Waals surface area contributed by atoms with Crippen LogP contribution in [0.15, 0.2) is 60.8 Å². The van der Waals surface area contributed by atoms with Crippen LogP contribution in [0, 0.1) is 0 Å². The van der Waals surface area contributed by atoms with Gasteiger partial charge in [0.1, 0.15) is 12.2 Å². The molecule has 0 radical (unpaired) electrons. The Morgan fingerprint density at radius 3 is 2.46 bits per heavy atom. The molecule has 0 unspecified atom stereocenters. The number of aryl methyl sites for hydroxylation is 1. The summed E-state index contributed by atoms with van der Waals surface area (Å²) in [5.41, 5.74) is 1.57. The predicted octanol–water partition coefficient (Wildman–Crippen LogP) is 5.77. The fraction of sp³-hybridized carbons (Fsp3) is 0.238. The third kappa shape index (κ3) is 5.22. The molecule has 0 saturated heterocycles. The highest BCUT2D eigenvalue weighted by atomic mass is 19.4. The number of hydrogen-bond acceptors (Lipinski definition) is 4. The Balaban J connectivity index is 1.83. The molecular formula is C21H20F3N3O. The van der Waals surface area contributed by atoms with E-state index >= 15 is 0 Å². The van der Waals surface area contributed by atoms with Gasteiger partial charge < -0.3 is 10.1 Å². The molecule has 0 saturated carbocycles. The maximum Gasteiger partial charge on any atom is 0.423 e. The van der Waals surface area contributed by atoms with Gasteiger partial charge >= 0.3 is 6.18 Å². The Labute approximate surface area is 161 Å². The molecule has 0 aliphatic carbocycles. The molecule has 7 heteroatoms. The quantitative estimate of drug-likeness (QED) is 0.559. The summed E-state index contributed by atoms with van der Waals surface area (Å²) in [6.45, 7) is 2.06. The first kappa shape index (κ1) is 19.7. The van der Waals surface area contributed by atoms with E-state index in [4.69, 9.17) is 4.74 Å². The Hall–Kier alpha value is -3.09. The summed E-state index contributed by atoms with van der Waals surface area (Å²) in [6.07, 6.45) is -1.95. The average Bonchev–Trinajstić information content (AvgIpc) is 2.67. The van der Waals surface area contributed by atoms with Gasteiger partial charge in [0, 0.05) is 11.9 Å². The number of ether oxygens (including phenoxy) is 1. The zero-order chi connectivity index (χ0) is 20.0. The lowest BCUT2D eigenvalue weighted by Gasteiger charge is -2.14. The van der Waals surface area contributed by atoms with Crippen LogP contribution in [0.5, 0.6) is 5.88 Å². The number of nitrogens with zero attached hydrogens (tertiary/aromatic N) is 2. The Kier molecular flexibility index (Phi) is 6.13. The number of rotatable bonds is 7. The predicted molar refractivity (Wildman–Crippen MR) is 102 cm³/mol. The smallest absolute Gasteiger partial charge is 0.423 e. The van der Waals surface area contributed by atoms with E-state index in [0.29, 0.717) is 5.69 Å². The largest absolute Gasteiger partial charge is 0.472 e. The second-order valence-electron chi connectivity index (χ2n) is 6.26. The average molecular weight is 387 g/mol. The van der Waals surface area contributed by atoms with Gasteiger partial charge in [-0.3, -0.25) is 0 Å². The van der Waals surface area contributed by atoms with Crippen LogP contribution < -0.4 is 10.1 Å². The van der Waals surface area contributed by atoms with Gasteiger partial charge in [-0.15, -0.1) is 0 Å². The van der Waals surface area contributed by atoms with Gasteiger partial charge in [-0.2, -0.15) is 18.2 Å². The lowest BCUT2D eigenvalue weighted by molar-refractivity contribution is -0.139. The van der Waals surface area contributed by atoms with Crippen LogP contribution in [-0.4, -0.2) is 9.97 Å². The van der Waals surface area contributed by atoms with Gasteiger partial charge in [0.05, 0.1) is 0 Å². The molecular weight excluding hydrogens is 367 g/mol. The van der Waals surface area contributed by atoms with E-state index in [2.05, 4.69) is 22.2 Å². The molecule has 3 rings (SSSR count). The van der Waals surface area contributed by atoms with E-state index in [1.807, 2.05) is 30.3 Å². The molecule has 2 aromatic carbocycles. The SMILES string of the molecule is CCCc1cccc(Nc2ncc(C(F)(F)F)c(OCc3ccccc3)n2)c1. The van der Waals surface area contributed by atoms with E-state index in [9.17, 15) is 13.2 Å². The number of benzene rings is 2. The van der Waals surface area contributed by atoms with Crippen molar-refractivity contribution in [3.05, 3.63) is 77.5 Å².